The molecule has 0 radical (unpaired) electrons. The highest BCUT2D eigenvalue weighted by atomic mass is 32.1. The number of methoxy groups -OCH3 is 1. The van der Waals surface area contributed by atoms with E-state index >= 15 is 0 Å². The summed E-state index contributed by atoms with van der Waals surface area (Å²) >= 11 is 5.90. The van der Waals surface area contributed by atoms with E-state index in [0.717, 1.165) is 22.8 Å². The molecule has 0 saturated carbocycles. The first-order chi connectivity index (χ1) is 18.3. The lowest BCUT2D eigenvalue weighted by atomic mass is 9.95. The molecular formula is C29H30N6O2S. The first-order valence-corrected chi connectivity index (χ1v) is 12.8. The fourth-order valence-corrected chi connectivity index (χ4v) is 4.90. The highest BCUT2D eigenvalue weighted by Crippen LogP contribution is 2.44. The van der Waals surface area contributed by atoms with E-state index in [1.54, 1.807) is 25.7 Å². The maximum Gasteiger partial charge on any atom is 0.229 e. The predicted octanol–water partition coefficient (Wildman–Crippen LogP) is 5.44. The molecule has 2 N–H and O–H groups in total. The first-order valence-electron chi connectivity index (χ1n) is 12.4. The number of thiocarbonyl (C=S) groups is 1. The van der Waals surface area contributed by atoms with Gasteiger partial charge in [-0.3, -0.25) is 14.8 Å². The minimum atomic E-state index is -0.538. The maximum atomic E-state index is 12.7. The molecule has 0 spiro atoms. The summed E-state index contributed by atoms with van der Waals surface area (Å²) in [5.41, 5.74) is 3.81. The summed E-state index contributed by atoms with van der Waals surface area (Å²) in [4.78, 5) is 23.6. The quantitative estimate of drug-likeness (QED) is 0.324. The van der Waals surface area contributed by atoms with Gasteiger partial charge in [0.05, 0.1) is 24.5 Å². The Morgan fingerprint density at radius 2 is 1.82 bits per heavy atom. The van der Waals surface area contributed by atoms with Gasteiger partial charge < -0.3 is 24.8 Å². The average Bonchev–Trinajstić information content (AvgIpc) is 3.53. The van der Waals surface area contributed by atoms with Crippen molar-refractivity contribution in [3.05, 3.63) is 96.8 Å². The molecule has 1 amide bonds. The van der Waals surface area contributed by atoms with Crippen LogP contribution in [0.4, 0.5) is 11.4 Å². The van der Waals surface area contributed by atoms with Crippen LogP contribution in [0, 0.1) is 5.41 Å². The van der Waals surface area contributed by atoms with Gasteiger partial charge in [0, 0.05) is 53.3 Å². The molecule has 0 bridgehead atoms. The van der Waals surface area contributed by atoms with E-state index in [9.17, 15) is 4.79 Å². The molecule has 194 valence electrons. The number of pyridine rings is 2. The number of carbonyl (C=O) groups is 1. The molecule has 8 nitrogen and oxygen atoms in total. The van der Waals surface area contributed by atoms with Crippen molar-refractivity contribution >= 4 is 34.6 Å². The molecule has 1 aliphatic rings. The summed E-state index contributed by atoms with van der Waals surface area (Å²) < 4.78 is 7.83. The van der Waals surface area contributed by atoms with Crippen molar-refractivity contribution in [2.75, 3.05) is 17.3 Å². The third kappa shape index (κ3) is 4.84. The Bertz CT molecular complexity index is 1450. The number of ether oxygens (including phenoxy) is 1. The normalized spacial score (nSPS) is 17.3. The van der Waals surface area contributed by atoms with Crippen molar-refractivity contribution in [2.24, 2.45) is 5.41 Å². The van der Waals surface area contributed by atoms with Crippen LogP contribution < -0.4 is 20.3 Å². The smallest absolute Gasteiger partial charge is 0.229 e. The fourth-order valence-electron chi connectivity index (χ4n) is 4.55. The van der Waals surface area contributed by atoms with E-state index in [1.165, 1.54) is 0 Å². The lowest BCUT2D eigenvalue weighted by Gasteiger charge is -2.29. The van der Waals surface area contributed by atoms with E-state index in [2.05, 4.69) is 36.1 Å². The van der Waals surface area contributed by atoms with Gasteiger partial charge in [-0.2, -0.15) is 0 Å². The minimum Gasteiger partial charge on any atom is -0.494 e. The zero-order chi connectivity index (χ0) is 26.9. The molecule has 1 aromatic carbocycles. The zero-order valence-corrected chi connectivity index (χ0v) is 22.6. The first kappa shape index (κ1) is 25.4. The van der Waals surface area contributed by atoms with E-state index in [1.807, 2.05) is 81.6 Å². The van der Waals surface area contributed by atoms with Crippen LogP contribution in [0.5, 0.6) is 5.75 Å². The van der Waals surface area contributed by atoms with Crippen molar-refractivity contribution in [1.29, 1.82) is 0 Å². The standard InChI is InChI=1S/C29H30N6O2S/c1-29(2,3)27(36)32-21-11-10-20(18-24(21)37-4)35-26(25(33-28(35)38)22-8-5-6-14-31-22)23-9-7-17-34(23)19-12-15-30-16-13-19/h5-18,25-26H,1-4H3,(H,32,36)(H,33,38)/t25-,26+/m1/s1. The van der Waals surface area contributed by atoms with Crippen LogP contribution in [-0.2, 0) is 4.79 Å². The number of amides is 1. The Morgan fingerprint density at radius 3 is 2.50 bits per heavy atom. The van der Waals surface area contributed by atoms with Gasteiger partial charge in [-0.1, -0.05) is 26.8 Å². The van der Waals surface area contributed by atoms with Crippen molar-refractivity contribution in [2.45, 2.75) is 32.9 Å². The van der Waals surface area contributed by atoms with Crippen LogP contribution in [0.25, 0.3) is 5.69 Å². The predicted molar refractivity (Wildman–Crippen MR) is 153 cm³/mol. The second-order valence-electron chi connectivity index (χ2n) is 10.1. The van der Waals surface area contributed by atoms with E-state index in [-0.39, 0.29) is 18.0 Å². The highest BCUT2D eigenvalue weighted by Gasteiger charge is 2.42. The number of benzene rings is 1. The maximum absolute atomic E-state index is 12.7. The molecule has 4 heterocycles. The summed E-state index contributed by atoms with van der Waals surface area (Å²) in [7, 11) is 1.59. The highest BCUT2D eigenvalue weighted by molar-refractivity contribution is 7.80. The van der Waals surface area contributed by atoms with E-state index in [0.29, 0.717) is 16.5 Å². The Kier molecular flexibility index (Phi) is 6.86. The van der Waals surface area contributed by atoms with Crippen molar-refractivity contribution in [3.8, 4) is 11.4 Å². The van der Waals surface area contributed by atoms with Crippen molar-refractivity contribution in [1.82, 2.24) is 19.9 Å². The van der Waals surface area contributed by atoms with Crippen molar-refractivity contribution in [3.63, 3.8) is 0 Å². The Hall–Kier alpha value is -4.24. The van der Waals surface area contributed by atoms with E-state index < -0.39 is 5.41 Å². The monoisotopic (exact) mass is 526 g/mol. The third-order valence-corrected chi connectivity index (χ3v) is 6.83. The molecule has 2 atom stereocenters. The largest absolute Gasteiger partial charge is 0.494 e. The van der Waals surface area contributed by atoms with Crippen LogP contribution in [0.3, 0.4) is 0 Å². The number of hydrogen-bond acceptors (Lipinski definition) is 5. The van der Waals surface area contributed by atoms with Gasteiger partial charge in [0.15, 0.2) is 5.11 Å². The van der Waals surface area contributed by atoms with Crippen LogP contribution in [0.2, 0.25) is 0 Å². The third-order valence-electron chi connectivity index (χ3n) is 6.51. The molecule has 3 aromatic heterocycles. The topological polar surface area (TPSA) is 84.3 Å². The number of aromatic nitrogens is 3. The number of nitrogens with one attached hydrogen (secondary N) is 2. The molecular weight excluding hydrogens is 496 g/mol. The summed E-state index contributed by atoms with van der Waals surface area (Å²) in [6.45, 7) is 5.62. The van der Waals surface area contributed by atoms with Gasteiger partial charge in [0.25, 0.3) is 0 Å². The molecule has 5 rings (SSSR count). The van der Waals surface area contributed by atoms with Gasteiger partial charge in [-0.15, -0.1) is 0 Å². The SMILES string of the molecule is COc1cc(N2C(=S)N[C@H](c3ccccn3)[C@@H]2c2cccn2-c2ccncc2)ccc1NC(=O)C(C)(C)C. The van der Waals surface area contributed by atoms with Crippen LogP contribution in [0.15, 0.2) is 85.5 Å². The van der Waals surface area contributed by atoms with Gasteiger partial charge >= 0.3 is 0 Å². The van der Waals surface area contributed by atoms with Gasteiger partial charge in [0.1, 0.15) is 11.8 Å². The molecule has 4 aromatic rings. The van der Waals surface area contributed by atoms with Crippen LogP contribution >= 0.6 is 12.2 Å². The zero-order valence-electron chi connectivity index (χ0n) is 21.8. The average molecular weight is 527 g/mol. The lowest BCUT2D eigenvalue weighted by molar-refractivity contribution is -0.123. The van der Waals surface area contributed by atoms with Crippen LogP contribution in [-0.4, -0.2) is 32.7 Å². The molecule has 1 aliphatic heterocycles. The molecule has 38 heavy (non-hydrogen) atoms. The number of nitrogens with zero attached hydrogens (tertiary/aromatic N) is 4. The van der Waals surface area contributed by atoms with Crippen molar-refractivity contribution < 1.29 is 9.53 Å². The van der Waals surface area contributed by atoms with Gasteiger partial charge in [0.2, 0.25) is 5.91 Å². The minimum absolute atomic E-state index is 0.0924. The Balaban J connectivity index is 1.60. The molecule has 1 fully saturated rings. The number of carbonyl (C=O) groups excluding carboxylic acids is 1. The Labute approximate surface area is 227 Å². The summed E-state index contributed by atoms with van der Waals surface area (Å²) in [6.07, 6.45) is 7.38. The lowest BCUT2D eigenvalue weighted by Crippen LogP contribution is -2.30. The second-order valence-corrected chi connectivity index (χ2v) is 10.5. The summed E-state index contributed by atoms with van der Waals surface area (Å²) in [5, 5.41) is 7.05. The summed E-state index contributed by atoms with van der Waals surface area (Å²) in [5.74, 6) is 0.456. The van der Waals surface area contributed by atoms with E-state index in [4.69, 9.17) is 17.0 Å². The number of hydrogen-bond donors (Lipinski definition) is 2. The fraction of sp³-hybridized carbons (Fsp3) is 0.241. The molecule has 0 aliphatic carbocycles. The summed E-state index contributed by atoms with van der Waals surface area (Å²) in [6, 6.07) is 19.2. The van der Waals surface area contributed by atoms with Crippen LogP contribution in [0.1, 0.15) is 44.2 Å². The molecule has 1 saturated heterocycles. The molecule has 9 heteroatoms. The molecule has 0 unspecified atom stereocenters. The van der Waals surface area contributed by atoms with Gasteiger partial charge in [-0.25, -0.2) is 0 Å². The van der Waals surface area contributed by atoms with Gasteiger partial charge in [-0.05, 0) is 60.7 Å². The number of rotatable bonds is 6. The second kappa shape index (κ2) is 10.3. The Morgan fingerprint density at radius 1 is 1.03 bits per heavy atom. The number of anilines is 2.